The smallest absolute Gasteiger partial charge is 0.307 e. The average Bonchev–Trinajstić information content (AvgIpc) is 3.18. The van der Waals surface area contributed by atoms with Gasteiger partial charge in [-0.15, -0.1) is 0 Å². The zero-order valence-corrected chi connectivity index (χ0v) is 12.8. The van der Waals surface area contributed by atoms with Crippen LogP contribution in [0.15, 0.2) is 36.7 Å². The number of hydrogen-bond donors (Lipinski definition) is 1. The highest BCUT2D eigenvalue weighted by atomic mass is 16.6. The molecule has 1 aliphatic heterocycles. The van der Waals surface area contributed by atoms with Crippen LogP contribution in [-0.2, 0) is 24.3 Å². The van der Waals surface area contributed by atoms with Crippen LogP contribution in [0.3, 0.4) is 0 Å². The second-order valence-electron chi connectivity index (χ2n) is 5.85. The van der Waals surface area contributed by atoms with Gasteiger partial charge in [-0.3, -0.25) is 19.6 Å². The molecule has 0 aliphatic carbocycles. The molecule has 4 rings (SSSR count). The lowest BCUT2D eigenvalue weighted by atomic mass is 10.0. The van der Waals surface area contributed by atoms with Gasteiger partial charge in [-0.1, -0.05) is 18.2 Å². The lowest BCUT2D eigenvalue weighted by Crippen LogP contribution is -2.37. The van der Waals surface area contributed by atoms with E-state index in [0.717, 1.165) is 29.1 Å². The van der Waals surface area contributed by atoms with Gasteiger partial charge < -0.3 is 9.88 Å². The molecule has 0 saturated heterocycles. The van der Waals surface area contributed by atoms with Crippen molar-refractivity contribution in [3.8, 4) is 0 Å². The maximum atomic E-state index is 12.5. The first-order valence-electron chi connectivity index (χ1n) is 7.65. The number of H-pyrrole nitrogens is 1. The first-order valence-corrected chi connectivity index (χ1v) is 7.65. The van der Waals surface area contributed by atoms with Crippen LogP contribution in [0.1, 0.15) is 11.3 Å². The normalized spacial score (nSPS) is 13.9. The van der Waals surface area contributed by atoms with E-state index in [4.69, 9.17) is 0 Å². The molecule has 8 nitrogen and oxygen atoms in total. The Labute approximate surface area is 136 Å². The summed E-state index contributed by atoms with van der Waals surface area (Å²) in [5.41, 5.74) is 3.30. The summed E-state index contributed by atoms with van der Waals surface area (Å²) in [7, 11) is 0. The molecule has 1 amide bonds. The van der Waals surface area contributed by atoms with Crippen LogP contribution in [0.2, 0.25) is 0 Å². The van der Waals surface area contributed by atoms with Crippen molar-refractivity contribution in [2.45, 2.75) is 19.5 Å². The minimum absolute atomic E-state index is 0.00548. The number of nitrogens with zero attached hydrogens (tertiary/aromatic N) is 4. The van der Waals surface area contributed by atoms with Gasteiger partial charge in [0.15, 0.2) is 0 Å². The van der Waals surface area contributed by atoms with Gasteiger partial charge in [0, 0.05) is 41.7 Å². The Kier molecular flexibility index (Phi) is 3.30. The first kappa shape index (κ1) is 14.4. The number of nitro groups is 1. The summed E-state index contributed by atoms with van der Waals surface area (Å²) in [5.74, 6) is -0.0936. The van der Waals surface area contributed by atoms with Gasteiger partial charge in [0.1, 0.15) is 18.9 Å². The van der Waals surface area contributed by atoms with Crippen molar-refractivity contribution in [2.24, 2.45) is 0 Å². The van der Waals surface area contributed by atoms with Crippen molar-refractivity contribution in [3.05, 3.63) is 58.0 Å². The summed E-state index contributed by atoms with van der Waals surface area (Å²) in [6.07, 6.45) is 3.20. The summed E-state index contributed by atoms with van der Waals surface area (Å²) >= 11 is 0. The van der Waals surface area contributed by atoms with Gasteiger partial charge in [-0.2, -0.15) is 5.10 Å². The Bertz CT molecular complexity index is 942. The second-order valence-corrected chi connectivity index (χ2v) is 5.85. The number of rotatable bonds is 3. The molecule has 1 aromatic carbocycles. The van der Waals surface area contributed by atoms with E-state index in [0.29, 0.717) is 13.1 Å². The number of nitrogens with one attached hydrogen (secondary N) is 1. The summed E-state index contributed by atoms with van der Waals surface area (Å²) < 4.78 is 1.31. The highest BCUT2D eigenvalue weighted by Crippen LogP contribution is 2.27. The Morgan fingerprint density at radius 3 is 3.00 bits per heavy atom. The van der Waals surface area contributed by atoms with Crippen LogP contribution in [0.5, 0.6) is 0 Å². The van der Waals surface area contributed by atoms with Crippen LogP contribution in [-0.4, -0.2) is 37.0 Å². The number of carbonyl (C=O) groups is 1. The highest BCUT2D eigenvalue weighted by molar-refractivity contribution is 5.86. The third-order valence-corrected chi connectivity index (χ3v) is 4.36. The number of amides is 1. The molecular formula is C16H15N5O3. The Balaban J connectivity index is 1.53. The van der Waals surface area contributed by atoms with E-state index in [2.05, 4.69) is 16.1 Å². The number of carbonyl (C=O) groups excluding carboxylic acids is 1. The predicted octanol–water partition coefficient (Wildman–Crippen LogP) is 1.86. The molecule has 8 heteroatoms. The lowest BCUT2D eigenvalue weighted by Gasteiger charge is -2.27. The molecule has 0 atom stereocenters. The molecule has 3 aromatic rings. The summed E-state index contributed by atoms with van der Waals surface area (Å²) in [6.45, 7) is 1.18. The predicted molar refractivity (Wildman–Crippen MR) is 86.3 cm³/mol. The zero-order chi connectivity index (χ0) is 16.7. The van der Waals surface area contributed by atoms with E-state index in [1.54, 1.807) is 4.90 Å². The highest BCUT2D eigenvalue weighted by Gasteiger charge is 2.24. The zero-order valence-electron chi connectivity index (χ0n) is 12.8. The number of aromatic nitrogens is 3. The maximum absolute atomic E-state index is 12.5. The number of para-hydroxylation sites is 1. The number of hydrogen-bond acceptors (Lipinski definition) is 4. The molecule has 0 fully saturated rings. The molecule has 0 radical (unpaired) electrons. The van der Waals surface area contributed by atoms with Crippen LogP contribution in [0.25, 0.3) is 10.9 Å². The van der Waals surface area contributed by atoms with E-state index in [-0.39, 0.29) is 18.1 Å². The molecule has 1 aliphatic rings. The molecule has 0 unspecified atom stereocenters. The van der Waals surface area contributed by atoms with E-state index in [9.17, 15) is 14.9 Å². The van der Waals surface area contributed by atoms with Gasteiger partial charge in [0.2, 0.25) is 5.91 Å². The number of aromatic amines is 1. The van der Waals surface area contributed by atoms with Gasteiger partial charge in [-0.25, -0.2) is 0 Å². The fourth-order valence-electron chi connectivity index (χ4n) is 3.15. The van der Waals surface area contributed by atoms with Gasteiger partial charge in [0.05, 0.1) is 4.92 Å². The van der Waals surface area contributed by atoms with Gasteiger partial charge >= 0.3 is 5.69 Å². The Morgan fingerprint density at radius 1 is 1.38 bits per heavy atom. The van der Waals surface area contributed by atoms with E-state index in [1.807, 2.05) is 18.2 Å². The van der Waals surface area contributed by atoms with Crippen LogP contribution in [0, 0.1) is 10.1 Å². The fourth-order valence-corrected chi connectivity index (χ4v) is 3.15. The van der Waals surface area contributed by atoms with Crippen molar-refractivity contribution < 1.29 is 9.72 Å². The molecule has 3 heterocycles. The third kappa shape index (κ3) is 2.41. The SMILES string of the molecule is O=C(Cn1cc([N+](=O)[O-])cn1)N1CCc2[nH]c3ccccc3c2C1. The minimum atomic E-state index is -0.521. The topological polar surface area (TPSA) is 97.1 Å². The third-order valence-electron chi connectivity index (χ3n) is 4.36. The molecule has 122 valence electrons. The number of fused-ring (bicyclic) bond motifs is 3. The maximum Gasteiger partial charge on any atom is 0.307 e. The van der Waals surface area contributed by atoms with Crippen molar-refractivity contribution in [1.82, 2.24) is 19.7 Å². The Hall–Kier alpha value is -3.16. The minimum Gasteiger partial charge on any atom is -0.358 e. The van der Waals surface area contributed by atoms with Crippen molar-refractivity contribution in [2.75, 3.05) is 6.54 Å². The largest absolute Gasteiger partial charge is 0.358 e. The molecule has 24 heavy (non-hydrogen) atoms. The molecular weight excluding hydrogens is 310 g/mol. The summed E-state index contributed by atoms with van der Waals surface area (Å²) in [4.78, 5) is 27.9. The van der Waals surface area contributed by atoms with Crippen molar-refractivity contribution >= 4 is 22.5 Å². The molecule has 0 bridgehead atoms. The van der Waals surface area contributed by atoms with Crippen molar-refractivity contribution in [1.29, 1.82) is 0 Å². The summed E-state index contributed by atoms with van der Waals surface area (Å²) in [5, 5.41) is 15.7. The lowest BCUT2D eigenvalue weighted by molar-refractivity contribution is -0.385. The second kappa shape index (κ2) is 5.48. The van der Waals surface area contributed by atoms with Gasteiger partial charge in [-0.05, 0) is 6.07 Å². The van der Waals surface area contributed by atoms with E-state index < -0.39 is 4.92 Å². The molecule has 2 aromatic heterocycles. The fraction of sp³-hybridized carbons (Fsp3) is 0.250. The average molecular weight is 325 g/mol. The standard InChI is InChI=1S/C16H15N5O3/c22-16(10-20-8-11(7-17-20)21(23)24)19-6-5-15-13(9-19)12-3-1-2-4-14(12)18-15/h1-4,7-8,18H,5-6,9-10H2. The van der Waals surface area contributed by atoms with Crippen molar-refractivity contribution in [3.63, 3.8) is 0 Å². The van der Waals surface area contributed by atoms with Crippen LogP contribution >= 0.6 is 0 Å². The Morgan fingerprint density at radius 2 is 2.21 bits per heavy atom. The van der Waals surface area contributed by atoms with Crippen LogP contribution in [0.4, 0.5) is 5.69 Å². The monoisotopic (exact) mass is 325 g/mol. The molecule has 1 N–H and O–H groups in total. The molecule has 0 spiro atoms. The summed E-state index contributed by atoms with van der Waals surface area (Å²) in [6, 6.07) is 8.05. The number of benzene rings is 1. The molecule has 0 saturated carbocycles. The van der Waals surface area contributed by atoms with Crippen LogP contribution < -0.4 is 0 Å². The van der Waals surface area contributed by atoms with Gasteiger partial charge in [0.25, 0.3) is 0 Å². The van der Waals surface area contributed by atoms with E-state index in [1.165, 1.54) is 16.6 Å². The first-order chi connectivity index (χ1) is 11.6. The quantitative estimate of drug-likeness (QED) is 0.587. The van der Waals surface area contributed by atoms with E-state index >= 15 is 0 Å².